The molecule has 0 atom stereocenters. The average molecular weight is 296 g/mol. The van der Waals surface area contributed by atoms with Gasteiger partial charge in [0.2, 0.25) is 5.91 Å². The van der Waals surface area contributed by atoms with Gasteiger partial charge in [-0.25, -0.2) is 0 Å². The molecule has 1 N–H and O–H groups in total. The maximum Gasteiger partial charge on any atom is 0.240 e. The smallest absolute Gasteiger partial charge is 0.240 e. The summed E-state index contributed by atoms with van der Waals surface area (Å²) in [4.78, 5) is 12.0. The first kappa shape index (κ1) is 13.6. The minimum Gasteiger partial charge on any atom is -0.350 e. The van der Waals surface area contributed by atoms with Crippen LogP contribution < -0.4 is 5.32 Å². The second kappa shape index (κ2) is 6.41. The highest BCUT2D eigenvalue weighted by molar-refractivity contribution is 7.08. The van der Waals surface area contributed by atoms with Crippen LogP contribution in [-0.4, -0.2) is 10.5 Å². The van der Waals surface area contributed by atoms with Gasteiger partial charge in [-0.15, -0.1) is 0 Å². The first-order valence-electron chi connectivity index (χ1n) is 6.81. The quantitative estimate of drug-likeness (QED) is 0.768. The Balaban J connectivity index is 1.67. The van der Waals surface area contributed by atoms with Crippen LogP contribution in [0.2, 0.25) is 0 Å². The summed E-state index contributed by atoms with van der Waals surface area (Å²) in [5, 5.41) is 7.17. The number of nitrogens with zero attached hydrogens (tertiary/aromatic N) is 1. The minimum absolute atomic E-state index is 0.0197. The third-order valence-electron chi connectivity index (χ3n) is 3.32. The number of hydrogen-bond acceptors (Lipinski definition) is 2. The fraction of sp³-hybridized carbons (Fsp3) is 0.118. The van der Waals surface area contributed by atoms with E-state index in [4.69, 9.17) is 0 Å². The predicted octanol–water partition coefficient (Wildman–Crippen LogP) is 3.53. The van der Waals surface area contributed by atoms with Gasteiger partial charge >= 0.3 is 0 Å². The lowest BCUT2D eigenvalue weighted by molar-refractivity contribution is -0.121. The van der Waals surface area contributed by atoms with Crippen molar-refractivity contribution in [1.29, 1.82) is 0 Å². The van der Waals surface area contributed by atoms with Gasteiger partial charge in [0.1, 0.15) is 6.54 Å². The lowest BCUT2D eigenvalue weighted by Gasteiger charge is -2.10. The number of thiophene rings is 1. The summed E-state index contributed by atoms with van der Waals surface area (Å²) in [7, 11) is 0. The normalized spacial score (nSPS) is 10.5. The number of hydrogen-bond donors (Lipinski definition) is 1. The first-order chi connectivity index (χ1) is 10.3. The summed E-state index contributed by atoms with van der Waals surface area (Å²) in [6.45, 7) is 0.903. The average Bonchev–Trinajstić information content (AvgIpc) is 3.18. The Kier molecular flexibility index (Phi) is 4.17. The molecule has 0 aliphatic carbocycles. The first-order valence-corrected chi connectivity index (χ1v) is 7.75. The molecule has 3 aromatic rings. The molecular formula is C17H16N2OS. The van der Waals surface area contributed by atoms with Gasteiger partial charge in [0.05, 0.1) is 0 Å². The summed E-state index contributed by atoms with van der Waals surface area (Å²) in [5.74, 6) is 0.0197. The van der Waals surface area contributed by atoms with Gasteiger partial charge in [0, 0.05) is 18.9 Å². The Hall–Kier alpha value is -2.33. The summed E-state index contributed by atoms with van der Waals surface area (Å²) >= 11 is 1.68. The molecule has 0 radical (unpaired) electrons. The molecule has 0 unspecified atom stereocenters. The molecule has 4 heteroatoms. The van der Waals surface area contributed by atoms with Gasteiger partial charge in [0.15, 0.2) is 0 Å². The van der Waals surface area contributed by atoms with Crippen LogP contribution in [0.15, 0.2) is 65.6 Å². The van der Waals surface area contributed by atoms with E-state index in [1.54, 1.807) is 11.3 Å². The van der Waals surface area contributed by atoms with Crippen LogP contribution in [-0.2, 0) is 17.9 Å². The van der Waals surface area contributed by atoms with Crippen LogP contribution in [0.4, 0.5) is 0 Å². The standard InChI is InChI=1S/C17H16N2OS/c20-17(12-19-8-3-4-9-19)18-11-14-5-1-2-6-16(14)15-7-10-21-13-15/h1-10,13H,11-12H2,(H,18,20). The third-order valence-corrected chi connectivity index (χ3v) is 4.00. The number of amides is 1. The molecule has 0 bridgehead atoms. The Bertz CT molecular complexity index is 702. The Labute approximate surface area is 127 Å². The van der Waals surface area contributed by atoms with Crippen molar-refractivity contribution >= 4 is 17.2 Å². The van der Waals surface area contributed by atoms with E-state index >= 15 is 0 Å². The van der Waals surface area contributed by atoms with E-state index in [9.17, 15) is 4.79 Å². The van der Waals surface area contributed by atoms with Crippen molar-refractivity contribution in [2.24, 2.45) is 0 Å². The molecule has 0 saturated carbocycles. The molecule has 1 amide bonds. The van der Waals surface area contributed by atoms with Gasteiger partial charge in [-0.3, -0.25) is 4.79 Å². The molecule has 21 heavy (non-hydrogen) atoms. The molecule has 3 rings (SSSR count). The maximum atomic E-state index is 12.0. The molecular weight excluding hydrogens is 280 g/mol. The topological polar surface area (TPSA) is 34.0 Å². The van der Waals surface area contributed by atoms with E-state index in [1.165, 1.54) is 11.1 Å². The molecule has 1 aromatic carbocycles. The number of aromatic nitrogens is 1. The van der Waals surface area contributed by atoms with Crippen molar-refractivity contribution in [3.8, 4) is 11.1 Å². The van der Waals surface area contributed by atoms with Crippen LogP contribution in [0, 0.1) is 0 Å². The Morgan fingerprint density at radius 1 is 1.10 bits per heavy atom. The lowest BCUT2D eigenvalue weighted by Crippen LogP contribution is -2.26. The van der Waals surface area contributed by atoms with E-state index in [-0.39, 0.29) is 5.91 Å². The van der Waals surface area contributed by atoms with Crippen LogP contribution in [0.5, 0.6) is 0 Å². The zero-order valence-corrected chi connectivity index (χ0v) is 12.3. The molecule has 3 nitrogen and oxygen atoms in total. The highest BCUT2D eigenvalue weighted by atomic mass is 32.1. The molecule has 0 fully saturated rings. The van der Waals surface area contributed by atoms with E-state index in [0.29, 0.717) is 13.1 Å². The highest BCUT2D eigenvalue weighted by Crippen LogP contribution is 2.25. The lowest BCUT2D eigenvalue weighted by atomic mass is 10.0. The molecule has 0 aliphatic heterocycles. The van der Waals surface area contributed by atoms with E-state index < -0.39 is 0 Å². The van der Waals surface area contributed by atoms with Gasteiger partial charge in [-0.05, 0) is 45.6 Å². The number of carbonyl (C=O) groups excluding carboxylic acids is 1. The van der Waals surface area contributed by atoms with Gasteiger partial charge in [-0.2, -0.15) is 11.3 Å². The maximum absolute atomic E-state index is 12.0. The van der Waals surface area contributed by atoms with Gasteiger partial charge < -0.3 is 9.88 Å². The number of benzene rings is 1. The van der Waals surface area contributed by atoms with Crippen LogP contribution >= 0.6 is 11.3 Å². The SMILES string of the molecule is O=C(Cn1cccc1)NCc1ccccc1-c1ccsc1. The Morgan fingerprint density at radius 3 is 2.67 bits per heavy atom. The van der Waals surface area contributed by atoms with Gasteiger partial charge in [-0.1, -0.05) is 24.3 Å². The summed E-state index contributed by atoms with van der Waals surface area (Å²) in [6, 6.07) is 14.1. The molecule has 0 aliphatic rings. The van der Waals surface area contributed by atoms with Crippen molar-refractivity contribution in [2.75, 3.05) is 0 Å². The fourth-order valence-corrected chi connectivity index (χ4v) is 2.92. The molecule has 2 heterocycles. The number of nitrogens with one attached hydrogen (secondary N) is 1. The number of carbonyl (C=O) groups is 1. The van der Waals surface area contributed by atoms with Crippen LogP contribution in [0.1, 0.15) is 5.56 Å². The third kappa shape index (κ3) is 3.41. The summed E-state index contributed by atoms with van der Waals surface area (Å²) < 4.78 is 1.86. The van der Waals surface area contributed by atoms with Crippen molar-refractivity contribution in [3.63, 3.8) is 0 Å². The monoisotopic (exact) mass is 296 g/mol. The van der Waals surface area contributed by atoms with Crippen molar-refractivity contribution in [1.82, 2.24) is 9.88 Å². The van der Waals surface area contributed by atoms with E-state index in [0.717, 1.165) is 5.56 Å². The molecule has 2 aromatic heterocycles. The zero-order valence-electron chi connectivity index (χ0n) is 11.5. The molecule has 106 valence electrons. The van der Waals surface area contributed by atoms with Crippen LogP contribution in [0.3, 0.4) is 0 Å². The van der Waals surface area contributed by atoms with E-state index in [2.05, 4.69) is 34.3 Å². The van der Waals surface area contributed by atoms with Crippen molar-refractivity contribution in [2.45, 2.75) is 13.1 Å². The summed E-state index contributed by atoms with van der Waals surface area (Å²) in [6.07, 6.45) is 3.78. The molecule has 0 spiro atoms. The largest absolute Gasteiger partial charge is 0.350 e. The Morgan fingerprint density at radius 2 is 1.90 bits per heavy atom. The van der Waals surface area contributed by atoms with Gasteiger partial charge in [0.25, 0.3) is 0 Å². The second-order valence-electron chi connectivity index (χ2n) is 4.80. The molecule has 0 saturated heterocycles. The van der Waals surface area contributed by atoms with Crippen molar-refractivity contribution < 1.29 is 4.79 Å². The fourth-order valence-electron chi connectivity index (χ4n) is 2.26. The second-order valence-corrected chi connectivity index (χ2v) is 5.58. The predicted molar refractivity (Wildman–Crippen MR) is 86.0 cm³/mol. The van der Waals surface area contributed by atoms with E-state index in [1.807, 2.05) is 41.2 Å². The van der Waals surface area contributed by atoms with Crippen molar-refractivity contribution in [3.05, 3.63) is 71.2 Å². The minimum atomic E-state index is 0.0197. The number of rotatable bonds is 5. The summed E-state index contributed by atoms with van der Waals surface area (Å²) in [5.41, 5.74) is 3.52. The zero-order chi connectivity index (χ0) is 14.5. The van der Waals surface area contributed by atoms with Crippen LogP contribution in [0.25, 0.3) is 11.1 Å². The highest BCUT2D eigenvalue weighted by Gasteiger charge is 2.07.